The molecule has 1 aromatic rings. The topological polar surface area (TPSA) is 9.23 Å². The molecule has 0 saturated carbocycles. The van der Waals surface area contributed by atoms with Crippen molar-refractivity contribution in [3.8, 4) is 5.75 Å². The molecular weight excluding hydrogens is 251 g/mol. The molecule has 0 saturated heterocycles. The summed E-state index contributed by atoms with van der Waals surface area (Å²) in [5, 5.41) is 0. The molecule has 0 aromatic heterocycles. The summed E-state index contributed by atoms with van der Waals surface area (Å²) in [6.45, 7) is 4.49. The Hall–Kier alpha value is -0.110. The van der Waals surface area contributed by atoms with Gasteiger partial charge >= 0.3 is 83.0 Å². The van der Waals surface area contributed by atoms with Gasteiger partial charge < -0.3 is 0 Å². The van der Waals surface area contributed by atoms with Crippen molar-refractivity contribution >= 4 is 21.9 Å². The van der Waals surface area contributed by atoms with Gasteiger partial charge in [0.05, 0.1) is 0 Å². The molecule has 0 aliphatic carbocycles. The van der Waals surface area contributed by atoms with Crippen LogP contribution in [0.4, 0.5) is 0 Å². The molecule has 0 heterocycles. The average Bonchev–Trinajstić information content (AvgIpc) is 2.16. The molecule has 0 atom stereocenters. The first-order chi connectivity index (χ1) is 5.86. The Morgan fingerprint density at radius 1 is 1.08 bits per heavy atom. The molecule has 0 bridgehead atoms. The van der Waals surface area contributed by atoms with Crippen molar-refractivity contribution in [1.82, 2.24) is 0 Å². The van der Waals surface area contributed by atoms with E-state index in [4.69, 9.17) is 2.85 Å². The molecular formula is C10H15InO. The molecule has 0 N–H and O–H groups in total. The van der Waals surface area contributed by atoms with Gasteiger partial charge in [-0.3, -0.25) is 0 Å². The van der Waals surface area contributed by atoms with Crippen LogP contribution in [0.3, 0.4) is 0 Å². The average molecular weight is 266 g/mol. The second-order valence-corrected chi connectivity index (χ2v) is 11.8. The fourth-order valence-electron chi connectivity index (χ4n) is 1.15. The van der Waals surface area contributed by atoms with Gasteiger partial charge in [0.15, 0.2) is 0 Å². The van der Waals surface area contributed by atoms with Crippen molar-refractivity contribution in [3.05, 3.63) is 30.3 Å². The fraction of sp³-hybridized carbons (Fsp3) is 0.400. The van der Waals surface area contributed by atoms with Gasteiger partial charge in [-0.2, -0.15) is 0 Å². The van der Waals surface area contributed by atoms with Crippen LogP contribution < -0.4 is 2.85 Å². The zero-order valence-corrected chi connectivity index (χ0v) is 11.1. The third-order valence-corrected chi connectivity index (χ3v) is 8.88. The molecule has 0 amide bonds. The maximum absolute atomic E-state index is 5.92. The Morgan fingerprint density at radius 3 is 2.17 bits per heavy atom. The second-order valence-electron chi connectivity index (χ2n) is 2.87. The van der Waals surface area contributed by atoms with E-state index in [0.717, 1.165) is 5.75 Å². The van der Waals surface area contributed by atoms with Crippen LogP contribution in [0.5, 0.6) is 5.75 Å². The van der Waals surface area contributed by atoms with Gasteiger partial charge in [0.1, 0.15) is 0 Å². The predicted molar refractivity (Wildman–Crippen MR) is 53.8 cm³/mol. The van der Waals surface area contributed by atoms with Crippen molar-refractivity contribution in [2.24, 2.45) is 0 Å². The van der Waals surface area contributed by atoms with Gasteiger partial charge in [0.2, 0.25) is 0 Å². The summed E-state index contributed by atoms with van der Waals surface area (Å²) in [5.41, 5.74) is 0. The van der Waals surface area contributed by atoms with Gasteiger partial charge in [0, 0.05) is 0 Å². The summed E-state index contributed by atoms with van der Waals surface area (Å²) in [6, 6.07) is 10.2. The van der Waals surface area contributed by atoms with E-state index in [1.807, 2.05) is 18.2 Å². The molecule has 12 heavy (non-hydrogen) atoms. The van der Waals surface area contributed by atoms with Crippen LogP contribution in [0.25, 0.3) is 0 Å². The van der Waals surface area contributed by atoms with E-state index in [1.54, 1.807) is 0 Å². The number of hydrogen-bond acceptors (Lipinski definition) is 1. The minimum absolute atomic E-state index is 1.07. The Morgan fingerprint density at radius 2 is 1.67 bits per heavy atom. The number of para-hydroxylation sites is 1. The first kappa shape index (κ1) is 9.97. The summed E-state index contributed by atoms with van der Waals surface area (Å²) in [4.78, 5) is 0. The number of benzene rings is 1. The van der Waals surface area contributed by atoms with E-state index in [-0.39, 0.29) is 0 Å². The summed E-state index contributed by atoms with van der Waals surface area (Å²) in [7, 11) is 0. The van der Waals surface area contributed by atoms with Gasteiger partial charge in [-0.05, 0) is 0 Å². The summed E-state index contributed by atoms with van der Waals surface area (Å²) in [6.07, 6.45) is 0. The first-order valence-corrected chi connectivity index (χ1v) is 10.6. The van der Waals surface area contributed by atoms with E-state index in [2.05, 4.69) is 26.0 Å². The molecule has 0 spiro atoms. The fourth-order valence-corrected chi connectivity index (χ4v) is 5.29. The van der Waals surface area contributed by atoms with Crippen LogP contribution in [0.15, 0.2) is 30.3 Å². The third kappa shape index (κ3) is 3.10. The SMILES string of the molecule is C[CH2][In]([CH2]C)[O]c1ccccc1. The van der Waals surface area contributed by atoms with Crippen LogP contribution >= 0.6 is 0 Å². The van der Waals surface area contributed by atoms with Crippen molar-refractivity contribution in [3.63, 3.8) is 0 Å². The number of rotatable bonds is 4. The van der Waals surface area contributed by atoms with Gasteiger partial charge in [-0.25, -0.2) is 0 Å². The molecule has 0 unspecified atom stereocenters. The normalized spacial score (nSPS) is 9.50. The van der Waals surface area contributed by atoms with E-state index >= 15 is 0 Å². The van der Waals surface area contributed by atoms with E-state index < -0.39 is 21.9 Å². The van der Waals surface area contributed by atoms with Crippen molar-refractivity contribution in [1.29, 1.82) is 0 Å². The van der Waals surface area contributed by atoms with Crippen LogP contribution in [-0.2, 0) is 0 Å². The van der Waals surface area contributed by atoms with E-state index in [9.17, 15) is 0 Å². The minimum atomic E-state index is -1.58. The first-order valence-electron chi connectivity index (χ1n) is 4.58. The quantitative estimate of drug-likeness (QED) is 0.813. The summed E-state index contributed by atoms with van der Waals surface area (Å²) >= 11 is -1.58. The number of hydrogen-bond donors (Lipinski definition) is 0. The summed E-state index contributed by atoms with van der Waals surface area (Å²) in [5.74, 6) is 1.07. The summed E-state index contributed by atoms with van der Waals surface area (Å²) < 4.78 is 8.49. The molecule has 1 rings (SSSR count). The maximum atomic E-state index is 5.92. The molecule has 0 aliphatic rings. The molecule has 1 nitrogen and oxygen atoms in total. The van der Waals surface area contributed by atoms with Gasteiger partial charge in [-0.15, -0.1) is 0 Å². The standard InChI is InChI=1S/C6H6O.2C2H5.In/c7-6-4-2-1-3-5-6;2*1-2;/h1-5,7H;2*1H2,2H3;/q;;;+1/p-1. The van der Waals surface area contributed by atoms with Crippen molar-refractivity contribution in [2.45, 2.75) is 22.2 Å². The molecule has 64 valence electrons. The third-order valence-electron chi connectivity index (χ3n) is 1.96. The van der Waals surface area contributed by atoms with Crippen LogP contribution in [-0.4, -0.2) is 21.9 Å². The molecule has 1 aromatic carbocycles. The molecule has 0 fully saturated rings. The monoisotopic (exact) mass is 266 g/mol. The molecule has 0 radical (unpaired) electrons. The van der Waals surface area contributed by atoms with Crippen molar-refractivity contribution in [2.75, 3.05) is 0 Å². The molecule has 2 heteroatoms. The van der Waals surface area contributed by atoms with Crippen LogP contribution in [0.2, 0.25) is 8.35 Å². The molecule has 0 aliphatic heterocycles. The van der Waals surface area contributed by atoms with Crippen molar-refractivity contribution < 1.29 is 2.85 Å². The van der Waals surface area contributed by atoms with Gasteiger partial charge in [-0.1, -0.05) is 0 Å². The van der Waals surface area contributed by atoms with E-state index in [0.29, 0.717) is 0 Å². The van der Waals surface area contributed by atoms with Crippen LogP contribution in [0.1, 0.15) is 13.8 Å². The Balaban J connectivity index is 2.51. The van der Waals surface area contributed by atoms with E-state index in [1.165, 1.54) is 8.35 Å². The Bertz CT molecular complexity index is 206. The zero-order chi connectivity index (χ0) is 8.81. The Kier molecular flexibility index (Phi) is 4.59. The predicted octanol–water partition coefficient (Wildman–Crippen LogP) is 3.10. The second kappa shape index (κ2) is 5.52. The van der Waals surface area contributed by atoms with Crippen LogP contribution in [0, 0.1) is 0 Å². The zero-order valence-electron chi connectivity index (χ0n) is 7.79. The Labute approximate surface area is 82.9 Å². The van der Waals surface area contributed by atoms with Gasteiger partial charge in [0.25, 0.3) is 0 Å².